The van der Waals surface area contributed by atoms with E-state index >= 15 is 0 Å². The van der Waals surface area contributed by atoms with Crippen LogP contribution in [0.2, 0.25) is 0 Å². The molecule has 1 atom stereocenters. The monoisotopic (exact) mass is 354 g/mol. The maximum absolute atomic E-state index is 12.9. The molecule has 3 aromatic rings. The predicted molar refractivity (Wildman–Crippen MR) is 95.4 cm³/mol. The van der Waals surface area contributed by atoms with Crippen molar-refractivity contribution in [2.24, 2.45) is 7.05 Å². The van der Waals surface area contributed by atoms with E-state index in [9.17, 15) is 9.90 Å². The number of thiazole rings is 1. The van der Waals surface area contributed by atoms with Gasteiger partial charge in [-0.25, -0.2) is 4.98 Å². The molecule has 128 valence electrons. The number of aryl methyl sites for hydroxylation is 1. The van der Waals surface area contributed by atoms with Gasteiger partial charge in [0.05, 0.1) is 12.2 Å². The highest BCUT2D eigenvalue weighted by Crippen LogP contribution is 2.34. The molecule has 1 amide bonds. The predicted octanol–water partition coefficient (Wildman–Crippen LogP) is 3.23. The van der Waals surface area contributed by atoms with Crippen molar-refractivity contribution in [2.45, 2.75) is 18.9 Å². The number of benzene rings is 1. The summed E-state index contributed by atoms with van der Waals surface area (Å²) < 4.78 is 1.72. The maximum Gasteiger partial charge on any atom is 0.273 e. The largest absolute Gasteiger partial charge is 0.508 e. The van der Waals surface area contributed by atoms with Gasteiger partial charge in [-0.15, -0.1) is 11.3 Å². The van der Waals surface area contributed by atoms with E-state index in [4.69, 9.17) is 0 Å². The average molecular weight is 354 g/mol. The number of carbonyl (C=O) groups excluding carboxylic acids is 1. The molecule has 3 heterocycles. The highest BCUT2D eigenvalue weighted by molar-refractivity contribution is 7.13. The minimum absolute atomic E-state index is 0.0386. The third kappa shape index (κ3) is 3.02. The first kappa shape index (κ1) is 15.8. The van der Waals surface area contributed by atoms with Crippen molar-refractivity contribution >= 4 is 17.2 Å². The molecule has 25 heavy (non-hydrogen) atoms. The van der Waals surface area contributed by atoms with Gasteiger partial charge in [0.1, 0.15) is 16.5 Å². The Bertz CT molecular complexity index is 900. The van der Waals surface area contributed by atoms with E-state index < -0.39 is 0 Å². The van der Waals surface area contributed by atoms with Crippen molar-refractivity contribution in [1.29, 1.82) is 0 Å². The number of phenols is 1. The molecule has 1 aliphatic rings. The highest BCUT2D eigenvalue weighted by Gasteiger charge is 2.31. The van der Waals surface area contributed by atoms with Gasteiger partial charge in [0.2, 0.25) is 0 Å². The zero-order valence-electron chi connectivity index (χ0n) is 13.8. The van der Waals surface area contributed by atoms with E-state index in [1.54, 1.807) is 23.0 Å². The van der Waals surface area contributed by atoms with Crippen LogP contribution in [0.25, 0.3) is 10.6 Å². The molecule has 1 fully saturated rings. The van der Waals surface area contributed by atoms with Crippen molar-refractivity contribution < 1.29 is 9.90 Å². The third-order valence-corrected chi connectivity index (χ3v) is 5.36. The normalized spacial score (nSPS) is 17.2. The van der Waals surface area contributed by atoms with E-state index in [1.807, 2.05) is 35.7 Å². The number of amides is 1. The molecule has 1 unspecified atom stereocenters. The molecule has 0 radical (unpaired) electrons. The Hall–Kier alpha value is -2.67. The van der Waals surface area contributed by atoms with Crippen molar-refractivity contribution in [3.05, 3.63) is 53.3 Å². The van der Waals surface area contributed by atoms with Gasteiger partial charge in [-0.3, -0.25) is 9.48 Å². The summed E-state index contributed by atoms with van der Waals surface area (Å²) in [4.78, 5) is 19.3. The van der Waals surface area contributed by atoms with Crippen LogP contribution in [-0.4, -0.2) is 37.2 Å². The second-order valence-corrected chi connectivity index (χ2v) is 7.05. The standard InChI is InChI=1S/C18H18N4O2S/c1-21-10-13(9-19-21)17-20-15(11-25-17)18(24)22-8-2-3-16(22)12-4-6-14(23)7-5-12/h4-7,9-11,16,23H,2-3,8H2,1H3. The Morgan fingerprint density at radius 1 is 1.32 bits per heavy atom. The molecule has 0 aliphatic carbocycles. The van der Waals surface area contributed by atoms with E-state index in [0.29, 0.717) is 5.69 Å². The Kier molecular flexibility index (Phi) is 4.01. The van der Waals surface area contributed by atoms with Crippen LogP contribution in [0.3, 0.4) is 0 Å². The number of likely N-dealkylation sites (tertiary alicyclic amines) is 1. The molecule has 0 saturated carbocycles. The van der Waals surface area contributed by atoms with Gasteiger partial charge in [0, 0.05) is 30.7 Å². The van der Waals surface area contributed by atoms with Crippen molar-refractivity contribution in [1.82, 2.24) is 19.7 Å². The van der Waals surface area contributed by atoms with Crippen LogP contribution in [0.1, 0.15) is 34.9 Å². The van der Waals surface area contributed by atoms with Gasteiger partial charge in [-0.1, -0.05) is 12.1 Å². The smallest absolute Gasteiger partial charge is 0.273 e. The molecular weight excluding hydrogens is 336 g/mol. The number of aromatic hydroxyl groups is 1. The Morgan fingerprint density at radius 3 is 2.84 bits per heavy atom. The van der Waals surface area contributed by atoms with Gasteiger partial charge in [-0.2, -0.15) is 5.10 Å². The van der Waals surface area contributed by atoms with E-state index in [2.05, 4.69) is 10.1 Å². The summed E-state index contributed by atoms with van der Waals surface area (Å²) in [6, 6.07) is 7.14. The fourth-order valence-electron chi connectivity index (χ4n) is 3.24. The summed E-state index contributed by atoms with van der Waals surface area (Å²) in [5.41, 5.74) is 2.45. The second-order valence-electron chi connectivity index (χ2n) is 6.19. The fourth-order valence-corrected chi connectivity index (χ4v) is 4.01. The summed E-state index contributed by atoms with van der Waals surface area (Å²) in [5, 5.41) is 16.2. The number of hydrogen-bond donors (Lipinski definition) is 1. The van der Waals surface area contributed by atoms with Gasteiger partial charge >= 0.3 is 0 Å². The molecular formula is C18H18N4O2S. The lowest BCUT2D eigenvalue weighted by atomic mass is 10.0. The summed E-state index contributed by atoms with van der Waals surface area (Å²) in [6.07, 6.45) is 5.54. The van der Waals surface area contributed by atoms with Crippen LogP contribution < -0.4 is 0 Å². The van der Waals surface area contributed by atoms with Crippen LogP contribution >= 0.6 is 11.3 Å². The molecule has 4 rings (SSSR count). The number of phenolic OH excluding ortho intramolecular Hbond substituents is 1. The quantitative estimate of drug-likeness (QED) is 0.784. The molecule has 0 bridgehead atoms. The van der Waals surface area contributed by atoms with Crippen LogP contribution in [0.4, 0.5) is 0 Å². The third-order valence-electron chi connectivity index (χ3n) is 4.47. The Labute approximate surface area is 149 Å². The van der Waals surface area contributed by atoms with Gasteiger partial charge in [0.25, 0.3) is 5.91 Å². The van der Waals surface area contributed by atoms with E-state index in [-0.39, 0.29) is 17.7 Å². The molecule has 1 aliphatic heterocycles. The number of nitrogens with zero attached hydrogens (tertiary/aromatic N) is 4. The molecule has 1 N–H and O–H groups in total. The van der Waals surface area contributed by atoms with E-state index in [1.165, 1.54) is 11.3 Å². The summed E-state index contributed by atoms with van der Waals surface area (Å²) in [5.74, 6) is 0.196. The number of carbonyl (C=O) groups is 1. The second kappa shape index (κ2) is 6.33. The van der Waals surface area contributed by atoms with E-state index in [0.717, 1.165) is 35.5 Å². The lowest BCUT2D eigenvalue weighted by Crippen LogP contribution is -2.30. The van der Waals surface area contributed by atoms with Gasteiger partial charge in [-0.05, 0) is 30.5 Å². The van der Waals surface area contributed by atoms with Gasteiger partial charge in [0.15, 0.2) is 0 Å². The first-order chi connectivity index (χ1) is 12.1. The summed E-state index contributed by atoms with van der Waals surface area (Å²) >= 11 is 1.46. The van der Waals surface area contributed by atoms with Crippen LogP contribution in [-0.2, 0) is 7.05 Å². The van der Waals surface area contributed by atoms with Crippen LogP contribution in [0, 0.1) is 0 Å². The lowest BCUT2D eigenvalue weighted by Gasteiger charge is -2.24. The minimum atomic E-state index is -0.0398. The SMILES string of the molecule is Cn1cc(-c2nc(C(=O)N3CCCC3c3ccc(O)cc3)cs2)cn1. The first-order valence-electron chi connectivity index (χ1n) is 8.16. The lowest BCUT2D eigenvalue weighted by molar-refractivity contribution is 0.0730. The first-order valence-corrected chi connectivity index (χ1v) is 9.04. The average Bonchev–Trinajstić information content (AvgIpc) is 3.35. The van der Waals surface area contributed by atoms with Crippen molar-refractivity contribution in [2.75, 3.05) is 6.54 Å². The minimum Gasteiger partial charge on any atom is -0.508 e. The number of aromatic nitrogens is 3. The summed E-state index contributed by atoms with van der Waals surface area (Å²) in [6.45, 7) is 0.726. The molecule has 6 nitrogen and oxygen atoms in total. The topological polar surface area (TPSA) is 71.2 Å². The summed E-state index contributed by atoms with van der Waals surface area (Å²) in [7, 11) is 1.86. The maximum atomic E-state index is 12.9. The Morgan fingerprint density at radius 2 is 2.12 bits per heavy atom. The Balaban J connectivity index is 1.57. The zero-order valence-corrected chi connectivity index (χ0v) is 14.6. The number of hydrogen-bond acceptors (Lipinski definition) is 5. The molecule has 1 saturated heterocycles. The van der Waals surface area contributed by atoms with Crippen molar-refractivity contribution in [3.63, 3.8) is 0 Å². The molecule has 7 heteroatoms. The molecule has 1 aromatic carbocycles. The fraction of sp³-hybridized carbons (Fsp3) is 0.278. The zero-order chi connectivity index (χ0) is 17.4. The highest BCUT2D eigenvalue weighted by atomic mass is 32.1. The molecule has 0 spiro atoms. The number of rotatable bonds is 3. The van der Waals surface area contributed by atoms with Crippen molar-refractivity contribution in [3.8, 4) is 16.3 Å². The van der Waals surface area contributed by atoms with Gasteiger partial charge < -0.3 is 10.0 Å². The van der Waals surface area contributed by atoms with Crippen LogP contribution in [0.15, 0.2) is 42.0 Å². The van der Waals surface area contributed by atoms with Crippen LogP contribution in [0.5, 0.6) is 5.75 Å². The molecule has 2 aromatic heterocycles.